The van der Waals surface area contributed by atoms with E-state index < -0.39 is 5.95 Å². The van der Waals surface area contributed by atoms with Crippen LogP contribution in [0.25, 0.3) is 11.3 Å². The molecule has 9 heteroatoms. The highest BCUT2D eigenvalue weighted by Gasteiger charge is 2.34. The van der Waals surface area contributed by atoms with Crippen LogP contribution in [0.15, 0.2) is 42.9 Å². The van der Waals surface area contributed by atoms with Gasteiger partial charge in [-0.1, -0.05) is 0 Å². The quantitative estimate of drug-likeness (QED) is 0.668. The molecule has 2 bridgehead atoms. The molecule has 2 aliphatic heterocycles. The summed E-state index contributed by atoms with van der Waals surface area (Å²) in [6, 6.07) is 9.07. The number of fused-ring (bicyclic) bond motifs is 4. The lowest BCUT2D eigenvalue weighted by Crippen LogP contribution is -2.40. The van der Waals surface area contributed by atoms with Crippen LogP contribution in [0, 0.1) is 12.9 Å². The van der Waals surface area contributed by atoms with E-state index in [9.17, 15) is 9.18 Å². The number of likely N-dealkylation sites (N-methyl/N-ethyl adjacent to an activating group) is 1. The normalized spacial score (nSPS) is 16.4. The summed E-state index contributed by atoms with van der Waals surface area (Å²) in [6.45, 7) is 4.30. The van der Waals surface area contributed by atoms with Gasteiger partial charge in [0.2, 0.25) is 6.41 Å². The van der Waals surface area contributed by atoms with Gasteiger partial charge in [-0.05, 0) is 37.6 Å². The van der Waals surface area contributed by atoms with Crippen molar-refractivity contribution in [3.8, 4) is 11.3 Å². The van der Waals surface area contributed by atoms with Gasteiger partial charge in [0.1, 0.15) is 0 Å². The monoisotopic (exact) mass is 407 g/mol. The van der Waals surface area contributed by atoms with E-state index >= 15 is 0 Å². The summed E-state index contributed by atoms with van der Waals surface area (Å²) >= 11 is 0. The predicted octanol–water partition coefficient (Wildman–Crippen LogP) is 2.66. The van der Waals surface area contributed by atoms with Crippen molar-refractivity contribution >= 4 is 23.7 Å². The smallest absolute Gasteiger partial charge is 0.256 e. The van der Waals surface area contributed by atoms with Gasteiger partial charge in [-0.2, -0.15) is 4.39 Å². The average molecular weight is 407 g/mol. The Bertz CT molecular complexity index is 1060. The van der Waals surface area contributed by atoms with Crippen molar-refractivity contribution in [2.24, 2.45) is 0 Å². The number of nitrogens with zero attached hydrogens (tertiary/aromatic N) is 6. The molecule has 1 atom stereocenters. The summed E-state index contributed by atoms with van der Waals surface area (Å²) in [5.41, 5.74) is 4.47. The van der Waals surface area contributed by atoms with Crippen molar-refractivity contribution < 1.29 is 9.18 Å². The number of carbonyl (C=O) groups excluding carboxylic acids is 1. The summed E-state index contributed by atoms with van der Waals surface area (Å²) in [5, 5.41) is 2.05. The maximum atomic E-state index is 12.4. The molecule has 154 valence electrons. The molecule has 1 fully saturated rings. The van der Waals surface area contributed by atoms with Crippen molar-refractivity contribution in [2.75, 3.05) is 35.3 Å². The fourth-order valence-electron chi connectivity index (χ4n) is 3.74. The third-order valence-corrected chi connectivity index (χ3v) is 5.28. The van der Waals surface area contributed by atoms with Crippen LogP contribution in [-0.2, 0) is 4.79 Å². The number of hydrogen-bond donors (Lipinski definition) is 1. The molecule has 0 radical (unpaired) electrons. The Morgan fingerprint density at radius 2 is 2.00 bits per heavy atom. The molecule has 0 spiro atoms. The van der Waals surface area contributed by atoms with Crippen LogP contribution in [-0.4, -0.2) is 52.5 Å². The van der Waals surface area contributed by atoms with Gasteiger partial charge in [0.05, 0.1) is 11.4 Å². The lowest BCUT2D eigenvalue weighted by molar-refractivity contribution is -0.105. The second-order valence-electron chi connectivity index (χ2n) is 7.18. The molecule has 0 saturated carbocycles. The zero-order chi connectivity index (χ0) is 21.1. The van der Waals surface area contributed by atoms with Gasteiger partial charge in [0.15, 0.2) is 11.6 Å². The molecule has 1 amide bonds. The third-order valence-electron chi connectivity index (χ3n) is 5.28. The highest BCUT2D eigenvalue weighted by atomic mass is 19.1. The van der Waals surface area contributed by atoms with Gasteiger partial charge >= 0.3 is 0 Å². The lowest BCUT2D eigenvalue weighted by Gasteiger charge is -2.34. The first-order chi connectivity index (χ1) is 14.6. The molecule has 0 aromatic carbocycles. The van der Waals surface area contributed by atoms with Crippen LogP contribution in [0.5, 0.6) is 0 Å². The van der Waals surface area contributed by atoms with Gasteiger partial charge in [-0.25, -0.2) is 15.0 Å². The summed E-state index contributed by atoms with van der Waals surface area (Å²) in [4.78, 5) is 30.5. The van der Waals surface area contributed by atoms with Gasteiger partial charge < -0.3 is 15.1 Å². The summed E-state index contributed by atoms with van der Waals surface area (Å²) < 4.78 is 12.4. The zero-order valence-electron chi connectivity index (χ0n) is 16.8. The molecule has 30 heavy (non-hydrogen) atoms. The van der Waals surface area contributed by atoms with Crippen LogP contribution >= 0.6 is 0 Å². The largest absolute Gasteiger partial charge is 0.366 e. The Morgan fingerprint density at radius 1 is 1.17 bits per heavy atom. The highest BCUT2D eigenvalue weighted by molar-refractivity contribution is 5.75. The molecule has 3 aromatic heterocycles. The van der Waals surface area contributed by atoms with E-state index in [1.54, 1.807) is 0 Å². The summed E-state index contributed by atoms with van der Waals surface area (Å²) in [5.74, 6) is 0.179. The second-order valence-corrected chi connectivity index (χ2v) is 7.18. The van der Waals surface area contributed by atoms with Gasteiger partial charge in [0.25, 0.3) is 5.95 Å². The molecule has 8 nitrogen and oxygen atoms in total. The minimum atomic E-state index is -0.783. The number of amides is 1. The molecular weight excluding hydrogens is 385 g/mol. The van der Waals surface area contributed by atoms with Crippen molar-refractivity contribution in [3.63, 3.8) is 0 Å². The minimum absolute atomic E-state index is 0.155. The molecule has 5 rings (SSSR count). The lowest BCUT2D eigenvalue weighted by atomic mass is 10.1. The standard InChI is InChI=1S/C16H18N4.C5H4FN3O/c1-11-9-12(5-7-17-11)14-3-4-15-16(18-14)19(2)13-6-8-20(15)10-13;6-4-5(9-3-10)8-2-1-7-4/h3-5,7,9,13H,6,8,10H2,1-2H3;1-3H,(H,8,9,10). The SMILES string of the molecule is Cc1cc(-c2ccc3c(n2)N(C)C2CCN3C2)ccn1.O=CNc1nccnc1F. The Labute approximate surface area is 173 Å². The number of hydrogen-bond acceptors (Lipinski definition) is 7. The zero-order valence-corrected chi connectivity index (χ0v) is 16.8. The minimum Gasteiger partial charge on any atom is -0.366 e. The summed E-state index contributed by atoms with van der Waals surface area (Å²) in [7, 11) is 2.17. The first-order valence-corrected chi connectivity index (χ1v) is 9.65. The van der Waals surface area contributed by atoms with E-state index in [0.717, 1.165) is 35.9 Å². The van der Waals surface area contributed by atoms with E-state index in [4.69, 9.17) is 4.98 Å². The number of aromatic nitrogens is 4. The number of aryl methyl sites for hydroxylation is 1. The van der Waals surface area contributed by atoms with Gasteiger partial charge in [-0.3, -0.25) is 9.78 Å². The molecule has 5 heterocycles. The van der Waals surface area contributed by atoms with Crippen LogP contribution < -0.4 is 15.1 Å². The van der Waals surface area contributed by atoms with E-state index in [0.29, 0.717) is 12.5 Å². The van der Waals surface area contributed by atoms with Crippen LogP contribution in [0.3, 0.4) is 0 Å². The van der Waals surface area contributed by atoms with E-state index in [1.165, 1.54) is 24.5 Å². The number of pyridine rings is 2. The van der Waals surface area contributed by atoms with Crippen LogP contribution in [0.2, 0.25) is 0 Å². The molecule has 1 N–H and O–H groups in total. The van der Waals surface area contributed by atoms with E-state index in [-0.39, 0.29) is 5.82 Å². The fraction of sp³-hybridized carbons (Fsp3) is 0.286. The fourth-order valence-corrected chi connectivity index (χ4v) is 3.74. The first kappa shape index (κ1) is 19.7. The van der Waals surface area contributed by atoms with Crippen molar-refractivity contribution in [1.82, 2.24) is 19.9 Å². The van der Waals surface area contributed by atoms with E-state index in [2.05, 4.69) is 50.0 Å². The molecule has 0 aliphatic carbocycles. The second kappa shape index (κ2) is 8.40. The van der Waals surface area contributed by atoms with Crippen molar-refractivity contribution in [3.05, 3.63) is 54.5 Å². The predicted molar refractivity (Wildman–Crippen MR) is 113 cm³/mol. The number of nitrogens with one attached hydrogen (secondary N) is 1. The van der Waals surface area contributed by atoms with Gasteiger partial charge in [0, 0.05) is 56.0 Å². The Kier molecular flexibility index (Phi) is 5.51. The van der Waals surface area contributed by atoms with E-state index in [1.807, 2.05) is 24.5 Å². The van der Waals surface area contributed by atoms with Crippen molar-refractivity contribution in [2.45, 2.75) is 19.4 Å². The molecule has 1 unspecified atom stereocenters. The number of carbonyl (C=O) groups is 1. The van der Waals surface area contributed by atoms with Crippen LogP contribution in [0.4, 0.5) is 21.7 Å². The number of halogens is 1. The maximum Gasteiger partial charge on any atom is 0.256 e. The summed E-state index contributed by atoms with van der Waals surface area (Å²) in [6.07, 6.45) is 5.91. The van der Waals surface area contributed by atoms with Crippen LogP contribution in [0.1, 0.15) is 12.1 Å². The molecule has 2 aliphatic rings. The van der Waals surface area contributed by atoms with Crippen molar-refractivity contribution in [1.29, 1.82) is 0 Å². The Morgan fingerprint density at radius 3 is 2.77 bits per heavy atom. The average Bonchev–Trinajstić information content (AvgIpc) is 3.20. The molecule has 3 aromatic rings. The number of anilines is 3. The first-order valence-electron chi connectivity index (χ1n) is 9.65. The van der Waals surface area contributed by atoms with Gasteiger partial charge in [-0.15, -0.1) is 0 Å². The maximum absolute atomic E-state index is 12.4. The Hall–Kier alpha value is -3.62. The highest BCUT2D eigenvalue weighted by Crippen LogP contribution is 2.38. The molecule has 1 saturated heterocycles. The third kappa shape index (κ3) is 3.91. The number of rotatable bonds is 3. The Balaban J connectivity index is 0.000000185. The topological polar surface area (TPSA) is 87.1 Å². The molecular formula is C21H22FN7O.